The molecule has 0 saturated heterocycles. The van der Waals surface area contributed by atoms with E-state index in [4.69, 9.17) is 4.74 Å². The first-order chi connectivity index (χ1) is 9.86. The van der Waals surface area contributed by atoms with Crippen LogP contribution in [-0.2, 0) is 6.18 Å². The van der Waals surface area contributed by atoms with E-state index in [2.05, 4.69) is 5.32 Å². The van der Waals surface area contributed by atoms with Crippen LogP contribution < -0.4 is 10.1 Å². The number of nitrogens with one attached hydrogen (secondary N) is 1. The number of carbonyl (C=O) groups excluding carboxylic acids is 1. The van der Waals surface area contributed by atoms with E-state index in [0.717, 1.165) is 18.2 Å². The minimum atomic E-state index is -4.53. The predicted molar refractivity (Wildman–Crippen MR) is 67.6 cm³/mol. The summed E-state index contributed by atoms with van der Waals surface area (Å²) in [6, 6.07) is 6.98. The minimum Gasteiger partial charge on any atom is -0.507 e. The molecule has 0 bridgehead atoms. The van der Waals surface area contributed by atoms with Crippen molar-refractivity contribution in [1.82, 2.24) is 0 Å². The Morgan fingerprint density at radius 2 is 1.86 bits per heavy atom. The predicted octanol–water partition coefficient (Wildman–Crippen LogP) is 3.77. The number of carbonyl (C=O) groups is 1. The SMILES string of the molecule is O=C1Nc2cc(C(F)(F)F)ccc2Oc2cccc(O)c21. The maximum atomic E-state index is 12.7. The average molecular weight is 295 g/mol. The lowest BCUT2D eigenvalue weighted by molar-refractivity contribution is -0.137. The van der Waals surface area contributed by atoms with Crippen molar-refractivity contribution in [1.29, 1.82) is 0 Å². The number of ether oxygens (including phenoxy) is 1. The molecule has 0 spiro atoms. The van der Waals surface area contributed by atoms with Crippen LogP contribution in [0.3, 0.4) is 0 Å². The van der Waals surface area contributed by atoms with E-state index in [1.165, 1.54) is 18.2 Å². The number of rotatable bonds is 0. The van der Waals surface area contributed by atoms with Gasteiger partial charge in [0.25, 0.3) is 5.91 Å². The molecule has 0 aliphatic carbocycles. The standard InChI is InChI=1S/C14H8F3NO3/c15-14(16,17)7-4-5-10-8(6-7)18-13(20)12-9(19)2-1-3-11(12)21-10/h1-6,19H,(H,18,20). The lowest BCUT2D eigenvalue weighted by atomic mass is 10.1. The molecule has 2 aromatic carbocycles. The van der Waals surface area contributed by atoms with E-state index in [0.29, 0.717) is 0 Å². The van der Waals surface area contributed by atoms with Crippen molar-refractivity contribution < 1.29 is 27.8 Å². The number of amides is 1. The summed E-state index contributed by atoms with van der Waals surface area (Å²) in [5, 5.41) is 12.0. The zero-order chi connectivity index (χ0) is 15.2. The zero-order valence-corrected chi connectivity index (χ0v) is 10.4. The van der Waals surface area contributed by atoms with E-state index < -0.39 is 17.6 Å². The van der Waals surface area contributed by atoms with Gasteiger partial charge in [-0.25, -0.2) is 0 Å². The van der Waals surface area contributed by atoms with Crippen molar-refractivity contribution >= 4 is 11.6 Å². The molecule has 21 heavy (non-hydrogen) atoms. The summed E-state index contributed by atoms with van der Waals surface area (Å²) in [7, 11) is 0. The van der Waals surface area contributed by atoms with Gasteiger partial charge in [0.15, 0.2) is 5.75 Å². The first kappa shape index (κ1) is 13.3. The second-order valence-corrected chi connectivity index (χ2v) is 4.42. The molecular weight excluding hydrogens is 287 g/mol. The van der Waals surface area contributed by atoms with Gasteiger partial charge in [0, 0.05) is 0 Å². The van der Waals surface area contributed by atoms with Crippen molar-refractivity contribution in [3.63, 3.8) is 0 Å². The van der Waals surface area contributed by atoms with Crippen molar-refractivity contribution in [2.24, 2.45) is 0 Å². The molecular formula is C14H8F3NO3. The van der Waals surface area contributed by atoms with Gasteiger partial charge in [-0.3, -0.25) is 4.79 Å². The van der Waals surface area contributed by atoms with Crippen LogP contribution in [0.5, 0.6) is 17.2 Å². The summed E-state index contributed by atoms with van der Waals surface area (Å²) in [6.45, 7) is 0. The summed E-state index contributed by atoms with van der Waals surface area (Å²) in [5.74, 6) is -0.901. The fourth-order valence-electron chi connectivity index (χ4n) is 2.03. The number of fused-ring (bicyclic) bond motifs is 2. The molecule has 1 aliphatic rings. The fourth-order valence-corrected chi connectivity index (χ4v) is 2.03. The van der Waals surface area contributed by atoms with Crippen LogP contribution in [-0.4, -0.2) is 11.0 Å². The molecule has 0 radical (unpaired) electrons. The number of aromatic hydroxyl groups is 1. The third-order valence-electron chi connectivity index (χ3n) is 3.01. The van der Waals surface area contributed by atoms with Crippen LogP contribution in [0.1, 0.15) is 15.9 Å². The summed E-state index contributed by atoms with van der Waals surface area (Å²) in [5.41, 5.74) is -1.13. The Bertz CT molecular complexity index is 741. The maximum absolute atomic E-state index is 12.7. The van der Waals surface area contributed by atoms with Crippen molar-refractivity contribution in [2.75, 3.05) is 5.32 Å². The fraction of sp³-hybridized carbons (Fsp3) is 0.0714. The molecule has 4 nitrogen and oxygen atoms in total. The molecule has 0 aromatic heterocycles. The van der Waals surface area contributed by atoms with Crippen molar-refractivity contribution in [3.8, 4) is 17.2 Å². The Morgan fingerprint density at radius 1 is 1.10 bits per heavy atom. The molecule has 1 heterocycles. The smallest absolute Gasteiger partial charge is 0.416 e. The zero-order valence-electron chi connectivity index (χ0n) is 10.4. The van der Waals surface area contributed by atoms with Crippen LogP contribution in [0.25, 0.3) is 0 Å². The third kappa shape index (κ3) is 2.26. The van der Waals surface area contributed by atoms with Crippen LogP contribution >= 0.6 is 0 Å². The number of phenolic OH excluding ortho intramolecular Hbond substituents is 1. The van der Waals surface area contributed by atoms with Gasteiger partial charge < -0.3 is 15.2 Å². The Morgan fingerprint density at radius 3 is 2.57 bits per heavy atom. The molecule has 2 N–H and O–H groups in total. The normalized spacial score (nSPS) is 13.6. The molecule has 3 rings (SSSR count). The summed E-state index contributed by atoms with van der Waals surface area (Å²) in [6.07, 6.45) is -4.53. The highest BCUT2D eigenvalue weighted by molar-refractivity contribution is 6.09. The first-order valence-corrected chi connectivity index (χ1v) is 5.88. The van der Waals surface area contributed by atoms with E-state index in [1.807, 2.05) is 0 Å². The van der Waals surface area contributed by atoms with Gasteiger partial charge in [0.05, 0.1) is 11.3 Å². The summed E-state index contributed by atoms with van der Waals surface area (Å²) >= 11 is 0. The molecule has 0 atom stereocenters. The average Bonchev–Trinajstić information content (AvgIpc) is 2.53. The Kier molecular flexibility index (Phi) is 2.79. The topological polar surface area (TPSA) is 58.6 Å². The van der Waals surface area contributed by atoms with Crippen molar-refractivity contribution in [3.05, 3.63) is 47.5 Å². The van der Waals surface area contributed by atoms with Crippen molar-refractivity contribution in [2.45, 2.75) is 6.18 Å². The van der Waals surface area contributed by atoms with Crippen LogP contribution in [0.2, 0.25) is 0 Å². The first-order valence-electron chi connectivity index (χ1n) is 5.88. The van der Waals surface area contributed by atoms with E-state index in [1.54, 1.807) is 0 Å². The lowest BCUT2D eigenvalue weighted by Gasteiger charge is -2.11. The van der Waals surface area contributed by atoms with E-state index in [-0.39, 0.29) is 28.5 Å². The monoisotopic (exact) mass is 295 g/mol. The molecule has 1 aliphatic heterocycles. The van der Waals surface area contributed by atoms with E-state index >= 15 is 0 Å². The quantitative estimate of drug-likeness (QED) is 0.778. The highest BCUT2D eigenvalue weighted by Crippen LogP contribution is 2.41. The number of alkyl halides is 3. The number of halogens is 3. The number of hydrogen-bond donors (Lipinski definition) is 2. The molecule has 2 aromatic rings. The van der Waals surface area contributed by atoms with Crippen LogP contribution in [0.15, 0.2) is 36.4 Å². The van der Waals surface area contributed by atoms with Crippen LogP contribution in [0, 0.1) is 0 Å². The lowest BCUT2D eigenvalue weighted by Crippen LogP contribution is -2.12. The molecule has 108 valence electrons. The van der Waals surface area contributed by atoms with Crippen LogP contribution in [0.4, 0.5) is 18.9 Å². The summed E-state index contributed by atoms with van der Waals surface area (Å²) < 4.78 is 43.5. The van der Waals surface area contributed by atoms with E-state index in [9.17, 15) is 23.1 Å². The largest absolute Gasteiger partial charge is 0.507 e. The third-order valence-corrected chi connectivity index (χ3v) is 3.01. The van der Waals surface area contributed by atoms with Gasteiger partial charge in [-0.2, -0.15) is 13.2 Å². The number of anilines is 1. The van der Waals surface area contributed by atoms with Gasteiger partial charge in [-0.05, 0) is 30.3 Å². The Labute approximate surface area is 116 Å². The molecule has 1 amide bonds. The Hall–Kier alpha value is -2.70. The highest BCUT2D eigenvalue weighted by Gasteiger charge is 2.32. The highest BCUT2D eigenvalue weighted by atomic mass is 19.4. The minimum absolute atomic E-state index is 0.0701. The number of benzene rings is 2. The summed E-state index contributed by atoms with van der Waals surface area (Å²) in [4.78, 5) is 12.0. The number of phenols is 1. The van der Waals surface area contributed by atoms with Gasteiger partial charge in [0.1, 0.15) is 17.1 Å². The number of hydrogen-bond acceptors (Lipinski definition) is 3. The molecule has 0 saturated carbocycles. The van der Waals surface area contributed by atoms with Gasteiger partial charge >= 0.3 is 6.18 Å². The second-order valence-electron chi connectivity index (χ2n) is 4.42. The Balaban J connectivity index is 2.12. The molecule has 0 unspecified atom stereocenters. The molecule has 7 heteroatoms. The maximum Gasteiger partial charge on any atom is 0.416 e. The van der Waals surface area contributed by atoms with Gasteiger partial charge in [0.2, 0.25) is 0 Å². The van der Waals surface area contributed by atoms with Gasteiger partial charge in [-0.15, -0.1) is 0 Å². The van der Waals surface area contributed by atoms with Gasteiger partial charge in [-0.1, -0.05) is 6.07 Å². The second kappa shape index (κ2) is 4.41. The molecule has 0 fully saturated rings.